The highest BCUT2D eigenvalue weighted by atomic mass is 16.5. The highest BCUT2D eigenvalue weighted by Gasteiger charge is 2.40. The number of likely N-dealkylation sites (N-methyl/N-ethyl adjacent to an activating group) is 1. The Morgan fingerprint density at radius 2 is 1.56 bits per heavy atom. The summed E-state index contributed by atoms with van der Waals surface area (Å²) in [5, 5.41) is 12.3. The molecule has 1 atom stereocenters. The number of carbonyl (C=O) groups excluding carboxylic acids is 2. The molecule has 3 rings (SSSR count). The summed E-state index contributed by atoms with van der Waals surface area (Å²) in [5.74, 6) is -1.52. The van der Waals surface area contributed by atoms with Gasteiger partial charge in [0.15, 0.2) is 0 Å². The number of carboxylic acids is 1. The van der Waals surface area contributed by atoms with Crippen molar-refractivity contribution < 1.29 is 24.2 Å². The molecular weight excluding hydrogens is 432 g/mol. The van der Waals surface area contributed by atoms with Crippen LogP contribution in [0.1, 0.15) is 58.1 Å². The predicted molar refractivity (Wildman–Crippen MR) is 131 cm³/mol. The Kier molecular flexibility index (Phi) is 7.64. The topological polar surface area (TPSA) is 95.9 Å². The number of ether oxygens (including phenoxy) is 1. The molecule has 0 radical (unpaired) electrons. The van der Waals surface area contributed by atoms with Crippen LogP contribution in [-0.2, 0) is 14.3 Å². The van der Waals surface area contributed by atoms with Crippen LogP contribution < -0.4 is 5.32 Å². The number of amides is 2. The number of benzene rings is 2. The standard InChI is InChI=1S/C27H34N2O5/c1-6-29(27(4,5)25(31)32)24(30)23(15-17(2)3)28-26(33)34-16-22-20-13-9-7-11-18(20)19-12-8-10-14-21(19)22/h7-14,17,22-23H,6,15-16H2,1-5H3,(H,28,33)(H,31,32)/t23-/m0/s1. The zero-order chi connectivity index (χ0) is 25.0. The first-order valence-electron chi connectivity index (χ1n) is 11.7. The van der Waals surface area contributed by atoms with Crippen LogP contribution in [-0.4, -0.2) is 52.7 Å². The van der Waals surface area contributed by atoms with Crippen LogP contribution in [0.2, 0.25) is 0 Å². The average molecular weight is 467 g/mol. The van der Waals surface area contributed by atoms with Gasteiger partial charge in [0, 0.05) is 12.5 Å². The van der Waals surface area contributed by atoms with Gasteiger partial charge in [-0.25, -0.2) is 9.59 Å². The second-order valence-corrected chi connectivity index (χ2v) is 9.60. The van der Waals surface area contributed by atoms with E-state index in [1.807, 2.05) is 50.2 Å². The summed E-state index contributed by atoms with van der Waals surface area (Å²) >= 11 is 0. The molecule has 0 saturated carbocycles. The number of aliphatic carboxylic acids is 1. The van der Waals surface area contributed by atoms with E-state index in [9.17, 15) is 19.5 Å². The molecule has 0 aliphatic heterocycles. The maximum absolute atomic E-state index is 13.3. The van der Waals surface area contributed by atoms with Gasteiger partial charge in [-0.3, -0.25) is 4.79 Å². The molecular formula is C27H34N2O5. The van der Waals surface area contributed by atoms with Crippen molar-refractivity contribution in [2.75, 3.05) is 13.2 Å². The molecule has 0 heterocycles. The number of rotatable bonds is 9. The van der Waals surface area contributed by atoms with Gasteiger partial charge in [0.1, 0.15) is 18.2 Å². The molecule has 7 heteroatoms. The van der Waals surface area contributed by atoms with Crippen molar-refractivity contribution in [2.45, 2.75) is 58.5 Å². The van der Waals surface area contributed by atoms with Gasteiger partial charge in [0.2, 0.25) is 5.91 Å². The fraction of sp³-hybridized carbons (Fsp3) is 0.444. The zero-order valence-corrected chi connectivity index (χ0v) is 20.5. The first-order valence-corrected chi connectivity index (χ1v) is 11.7. The number of carbonyl (C=O) groups is 3. The summed E-state index contributed by atoms with van der Waals surface area (Å²) < 4.78 is 5.61. The van der Waals surface area contributed by atoms with E-state index in [4.69, 9.17) is 4.74 Å². The number of hydrogen-bond donors (Lipinski definition) is 2. The molecule has 7 nitrogen and oxygen atoms in total. The van der Waals surface area contributed by atoms with Crippen molar-refractivity contribution in [3.63, 3.8) is 0 Å². The number of nitrogens with one attached hydrogen (secondary N) is 1. The summed E-state index contributed by atoms with van der Waals surface area (Å²) in [4.78, 5) is 39.1. The van der Waals surface area contributed by atoms with Crippen LogP contribution in [0.5, 0.6) is 0 Å². The monoisotopic (exact) mass is 466 g/mol. The molecule has 2 aromatic carbocycles. The molecule has 34 heavy (non-hydrogen) atoms. The Morgan fingerprint density at radius 3 is 2.03 bits per heavy atom. The number of fused-ring (bicyclic) bond motifs is 3. The van der Waals surface area contributed by atoms with E-state index in [2.05, 4.69) is 17.4 Å². The first-order chi connectivity index (χ1) is 16.1. The van der Waals surface area contributed by atoms with E-state index < -0.39 is 29.6 Å². The van der Waals surface area contributed by atoms with E-state index in [0.29, 0.717) is 6.42 Å². The van der Waals surface area contributed by atoms with Gasteiger partial charge in [-0.15, -0.1) is 0 Å². The normalized spacial score (nSPS) is 13.7. The first kappa shape index (κ1) is 25.3. The molecule has 1 aliphatic carbocycles. The lowest BCUT2D eigenvalue weighted by Gasteiger charge is -2.37. The maximum atomic E-state index is 13.3. The van der Waals surface area contributed by atoms with Crippen LogP contribution in [0, 0.1) is 5.92 Å². The van der Waals surface area contributed by atoms with Crippen molar-refractivity contribution in [1.82, 2.24) is 10.2 Å². The van der Waals surface area contributed by atoms with Crippen molar-refractivity contribution in [1.29, 1.82) is 0 Å². The molecule has 182 valence electrons. The predicted octanol–water partition coefficient (Wildman–Crippen LogP) is 4.65. The summed E-state index contributed by atoms with van der Waals surface area (Å²) in [6, 6.07) is 15.3. The highest BCUT2D eigenvalue weighted by molar-refractivity contribution is 5.91. The van der Waals surface area contributed by atoms with Crippen LogP contribution >= 0.6 is 0 Å². The van der Waals surface area contributed by atoms with Crippen molar-refractivity contribution in [2.24, 2.45) is 5.92 Å². The van der Waals surface area contributed by atoms with Gasteiger partial charge >= 0.3 is 12.1 Å². The summed E-state index contributed by atoms with van der Waals surface area (Å²) in [5.41, 5.74) is 3.08. The lowest BCUT2D eigenvalue weighted by molar-refractivity contribution is -0.157. The van der Waals surface area contributed by atoms with Crippen molar-refractivity contribution >= 4 is 18.0 Å². The Morgan fingerprint density at radius 1 is 1.03 bits per heavy atom. The third-order valence-corrected chi connectivity index (χ3v) is 6.42. The molecule has 0 aromatic heterocycles. The van der Waals surface area contributed by atoms with Crippen LogP contribution in [0.15, 0.2) is 48.5 Å². The molecule has 0 spiro atoms. The lowest BCUT2D eigenvalue weighted by atomic mass is 9.98. The van der Waals surface area contributed by atoms with E-state index in [-0.39, 0.29) is 25.0 Å². The van der Waals surface area contributed by atoms with Crippen molar-refractivity contribution in [3.8, 4) is 11.1 Å². The molecule has 0 unspecified atom stereocenters. The largest absolute Gasteiger partial charge is 0.480 e. The highest BCUT2D eigenvalue weighted by Crippen LogP contribution is 2.44. The smallest absolute Gasteiger partial charge is 0.407 e. The van der Waals surface area contributed by atoms with Crippen molar-refractivity contribution in [3.05, 3.63) is 59.7 Å². The summed E-state index contributed by atoms with van der Waals surface area (Å²) in [6.07, 6.45) is -0.320. The maximum Gasteiger partial charge on any atom is 0.407 e. The summed E-state index contributed by atoms with van der Waals surface area (Å²) in [6.45, 7) is 8.92. The molecule has 2 amide bonds. The number of hydrogen-bond acceptors (Lipinski definition) is 4. The van der Waals surface area contributed by atoms with Gasteiger partial charge in [-0.2, -0.15) is 0 Å². The number of carboxylic acid groups (broad SMARTS) is 1. The number of alkyl carbamates (subject to hydrolysis) is 1. The molecule has 0 saturated heterocycles. The van der Waals surface area contributed by atoms with Gasteiger partial charge in [-0.1, -0.05) is 62.4 Å². The third kappa shape index (κ3) is 5.08. The molecule has 0 fully saturated rings. The van der Waals surface area contributed by atoms with E-state index in [0.717, 1.165) is 22.3 Å². The molecule has 2 aromatic rings. The second-order valence-electron chi connectivity index (χ2n) is 9.60. The Hall–Kier alpha value is -3.35. The van der Waals surface area contributed by atoms with Gasteiger partial charge < -0.3 is 20.1 Å². The molecule has 0 bridgehead atoms. The minimum Gasteiger partial charge on any atom is -0.480 e. The van der Waals surface area contributed by atoms with Gasteiger partial charge in [0.25, 0.3) is 0 Å². The Balaban J connectivity index is 1.74. The minimum absolute atomic E-state index is 0.0875. The fourth-order valence-corrected chi connectivity index (χ4v) is 4.61. The van der Waals surface area contributed by atoms with Crippen LogP contribution in [0.25, 0.3) is 11.1 Å². The van der Waals surface area contributed by atoms with Crippen LogP contribution in [0.4, 0.5) is 4.79 Å². The SMILES string of the molecule is CCN(C(=O)[C@H](CC(C)C)NC(=O)OCC1c2ccccc2-c2ccccc21)C(C)(C)C(=O)O. The zero-order valence-electron chi connectivity index (χ0n) is 20.5. The fourth-order valence-electron chi connectivity index (χ4n) is 4.61. The lowest BCUT2D eigenvalue weighted by Crippen LogP contribution is -2.58. The van der Waals surface area contributed by atoms with E-state index in [1.165, 1.54) is 18.7 Å². The minimum atomic E-state index is -1.40. The van der Waals surface area contributed by atoms with E-state index in [1.54, 1.807) is 6.92 Å². The Bertz CT molecular complexity index is 1020. The summed E-state index contributed by atoms with van der Waals surface area (Å²) in [7, 11) is 0. The number of nitrogens with zero attached hydrogens (tertiary/aromatic N) is 1. The molecule has 2 N–H and O–H groups in total. The molecule has 1 aliphatic rings. The van der Waals surface area contributed by atoms with E-state index >= 15 is 0 Å². The third-order valence-electron chi connectivity index (χ3n) is 6.42. The van der Waals surface area contributed by atoms with Gasteiger partial charge in [0.05, 0.1) is 0 Å². The Labute approximate surface area is 201 Å². The van der Waals surface area contributed by atoms with Crippen LogP contribution in [0.3, 0.4) is 0 Å². The average Bonchev–Trinajstić information content (AvgIpc) is 3.11. The van der Waals surface area contributed by atoms with Gasteiger partial charge in [-0.05, 0) is 55.4 Å². The second kappa shape index (κ2) is 10.3. The quantitative estimate of drug-likeness (QED) is 0.561.